The third-order valence-electron chi connectivity index (χ3n) is 3.72. The second-order valence-corrected chi connectivity index (χ2v) is 6.47. The van der Waals surface area contributed by atoms with E-state index in [0.717, 1.165) is 0 Å². The van der Waals surface area contributed by atoms with Gasteiger partial charge in [-0.2, -0.15) is 5.10 Å². The molecule has 0 saturated heterocycles. The number of benzene rings is 2. The van der Waals surface area contributed by atoms with Gasteiger partial charge in [0.2, 0.25) is 0 Å². The summed E-state index contributed by atoms with van der Waals surface area (Å²) in [6.45, 7) is 0. The van der Waals surface area contributed by atoms with Gasteiger partial charge in [-0.15, -0.1) is 0 Å². The summed E-state index contributed by atoms with van der Waals surface area (Å²) in [7, 11) is 1.30. The third kappa shape index (κ3) is 4.60. The monoisotopic (exact) mass is 416 g/mol. The summed E-state index contributed by atoms with van der Waals surface area (Å²) in [6, 6.07) is 14.6. The fourth-order valence-electron chi connectivity index (χ4n) is 2.42. The van der Waals surface area contributed by atoms with Crippen LogP contribution in [-0.4, -0.2) is 25.2 Å². The number of furan rings is 1. The Hall–Kier alpha value is -3.09. The number of methoxy groups -OCH3 is 1. The molecule has 142 valence electrons. The number of amides is 1. The van der Waals surface area contributed by atoms with E-state index in [-0.39, 0.29) is 0 Å². The molecule has 0 spiro atoms. The Balaban J connectivity index is 1.76. The molecule has 1 amide bonds. The molecule has 0 aliphatic carbocycles. The van der Waals surface area contributed by atoms with E-state index in [1.165, 1.54) is 19.4 Å². The SMILES string of the molecule is COC(=O)c1ccc(Cl)cc1-c1ccc(/C=N\NC(=O)c2cccc(Cl)c2)o1. The van der Waals surface area contributed by atoms with Crippen molar-refractivity contribution in [1.29, 1.82) is 0 Å². The fraction of sp³-hybridized carbons (Fsp3) is 0.0500. The molecule has 1 N–H and O–H groups in total. The van der Waals surface area contributed by atoms with Crippen LogP contribution in [0.2, 0.25) is 10.0 Å². The molecule has 8 heteroatoms. The van der Waals surface area contributed by atoms with Gasteiger partial charge in [0, 0.05) is 21.2 Å². The maximum absolute atomic E-state index is 12.0. The average molecular weight is 417 g/mol. The zero-order valence-corrected chi connectivity index (χ0v) is 16.1. The van der Waals surface area contributed by atoms with Gasteiger partial charge in [0.1, 0.15) is 11.5 Å². The molecule has 0 bridgehead atoms. The Morgan fingerprint density at radius 2 is 1.86 bits per heavy atom. The summed E-state index contributed by atoms with van der Waals surface area (Å²) in [5.41, 5.74) is 3.58. The van der Waals surface area contributed by atoms with Crippen molar-refractivity contribution in [3.05, 3.63) is 81.5 Å². The highest BCUT2D eigenvalue weighted by molar-refractivity contribution is 6.31. The van der Waals surface area contributed by atoms with Gasteiger partial charge in [-0.1, -0.05) is 29.3 Å². The van der Waals surface area contributed by atoms with E-state index in [9.17, 15) is 9.59 Å². The molecule has 28 heavy (non-hydrogen) atoms. The molecule has 0 aliphatic rings. The average Bonchev–Trinajstić information content (AvgIpc) is 3.16. The molecule has 0 saturated carbocycles. The van der Waals surface area contributed by atoms with Crippen molar-refractivity contribution in [3.63, 3.8) is 0 Å². The van der Waals surface area contributed by atoms with Crippen molar-refractivity contribution in [2.75, 3.05) is 7.11 Å². The van der Waals surface area contributed by atoms with Crippen LogP contribution in [0.5, 0.6) is 0 Å². The molecule has 6 nitrogen and oxygen atoms in total. The Labute approximate surface area is 170 Å². The van der Waals surface area contributed by atoms with Crippen LogP contribution in [0.4, 0.5) is 0 Å². The van der Waals surface area contributed by atoms with E-state index < -0.39 is 11.9 Å². The molecule has 0 unspecified atom stereocenters. The number of carbonyl (C=O) groups excluding carboxylic acids is 2. The predicted molar refractivity (Wildman–Crippen MR) is 107 cm³/mol. The Morgan fingerprint density at radius 3 is 2.61 bits per heavy atom. The number of rotatable bonds is 5. The van der Waals surface area contributed by atoms with Crippen molar-refractivity contribution < 1.29 is 18.7 Å². The second kappa shape index (κ2) is 8.73. The summed E-state index contributed by atoms with van der Waals surface area (Å²) in [6.07, 6.45) is 1.34. The molecule has 0 radical (unpaired) electrons. The molecule has 0 atom stereocenters. The van der Waals surface area contributed by atoms with Crippen LogP contribution < -0.4 is 5.43 Å². The standard InChI is InChI=1S/C20H14Cl2N2O4/c1-27-20(26)16-7-5-14(22)10-17(16)18-8-6-15(28-18)11-23-24-19(25)12-3-2-4-13(21)9-12/h2-11H,1H3,(H,24,25)/b23-11-. The van der Waals surface area contributed by atoms with E-state index >= 15 is 0 Å². The maximum Gasteiger partial charge on any atom is 0.338 e. The molecular weight excluding hydrogens is 403 g/mol. The normalized spacial score (nSPS) is 10.8. The van der Waals surface area contributed by atoms with Crippen molar-refractivity contribution >= 4 is 41.3 Å². The number of hydrogen-bond donors (Lipinski definition) is 1. The van der Waals surface area contributed by atoms with Gasteiger partial charge in [0.15, 0.2) is 0 Å². The zero-order valence-electron chi connectivity index (χ0n) is 14.6. The third-order valence-corrected chi connectivity index (χ3v) is 4.19. The summed E-state index contributed by atoms with van der Waals surface area (Å²) in [5.74, 6) is -0.136. The Kier molecular flexibility index (Phi) is 6.13. The smallest absolute Gasteiger partial charge is 0.338 e. The number of carbonyl (C=O) groups is 2. The van der Waals surface area contributed by atoms with E-state index in [0.29, 0.717) is 38.3 Å². The van der Waals surface area contributed by atoms with Gasteiger partial charge in [-0.05, 0) is 48.5 Å². The van der Waals surface area contributed by atoms with Crippen molar-refractivity contribution in [2.45, 2.75) is 0 Å². The minimum atomic E-state index is -0.507. The highest BCUT2D eigenvalue weighted by Crippen LogP contribution is 2.29. The maximum atomic E-state index is 12.0. The topological polar surface area (TPSA) is 80.9 Å². The van der Waals surface area contributed by atoms with Crippen LogP contribution in [0.1, 0.15) is 26.5 Å². The molecule has 1 aromatic heterocycles. The lowest BCUT2D eigenvalue weighted by atomic mass is 10.1. The molecule has 1 heterocycles. The summed E-state index contributed by atoms with van der Waals surface area (Å²) in [5, 5.41) is 4.77. The lowest BCUT2D eigenvalue weighted by Gasteiger charge is -2.06. The number of hydrazone groups is 1. The van der Waals surface area contributed by atoms with Gasteiger partial charge in [-0.3, -0.25) is 4.79 Å². The largest absolute Gasteiger partial charge is 0.465 e. The summed E-state index contributed by atoms with van der Waals surface area (Å²) < 4.78 is 10.5. The van der Waals surface area contributed by atoms with Crippen LogP contribution in [0.15, 0.2) is 64.1 Å². The van der Waals surface area contributed by atoms with Crippen LogP contribution in [0, 0.1) is 0 Å². The van der Waals surface area contributed by atoms with Crippen LogP contribution in [0.3, 0.4) is 0 Å². The first-order chi connectivity index (χ1) is 13.5. The molecule has 0 fully saturated rings. The number of nitrogens with one attached hydrogen (secondary N) is 1. The highest BCUT2D eigenvalue weighted by atomic mass is 35.5. The van der Waals surface area contributed by atoms with Crippen molar-refractivity contribution in [1.82, 2.24) is 5.43 Å². The Morgan fingerprint density at radius 1 is 1.07 bits per heavy atom. The predicted octanol–water partition coefficient (Wildman–Crippen LogP) is 4.80. The first-order valence-electron chi connectivity index (χ1n) is 8.05. The number of nitrogens with zero attached hydrogens (tertiary/aromatic N) is 1. The quantitative estimate of drug-likeness (QED) is 0.367. The number of ether oxygens (including phenoxy) is 1. The van der Waals surface area contributed by atoms with E-state index in [4.69, 9.17) is 32.4 Å². The van der Waals surface area contributed by atoms with Gasteiger partial charge in [0.05, 0.1) is 18.9 Å². The van der Waals surface area contributed by atoms with Crippen LogP contribution in [0.25, 0.3) is 11.3 Å². The van der Waals surface area contributed by atoms with Crippen molar-refractivity contribution in [3.8, 4) is 11.3 Å². The van der Waals surface area contributed by atoms with Gasteiger partial charge in [0.25, 0.3) is 5.91 Å². The summed E-state index contributed by atoms with van der Waals surface area (Å²) in [4.78, 5) is 24.0. The number of esters is 1. The van der Waals surface area contributed by atoms with Gasteiger partial charge >= 0.3 is 5.97 Å². The van der Waals surface area contributed by atoms with Crippen LogP contribution in [-0.2, 0) is 4.74 Å². The minimum Gasteiger partial charge on any atom is -0.465 e. The molecule has 0 aliphatic heterocycles. The van der Waals surface area contributed by atoms with Crippen LogP contribution >= 0.6 is 23.2 Å². The lowest BCUT2D eigenvalue weighted by Crippen LogP contribution is -2.17. The lowest BCUT2D eigenvalue weighted by molar-refractivity contribution is 0.0601. The number of halogens is 2. The molecule has 2 aromatic carbocycles. The Bertz CT molecular complexity index is 1060. The zero-order chi connectivity index (χ0) is 20.1. The van der Waals surface area contributed by atoms with E-state index in [2.05, 4.69) is 10.5 Å². The second-order valence-electron chi connectivity index (χ2n) is 5.59. The molecule has 3 rings (SSSR count). The van der Waals surface area contributed by atoms with Crippen molar-refractivity contribution in [2.24, 2.45) is 5.10 Å². The van der Waals surface area contributed by atoms with E-state index in [1.54, 1.807) is 48.5 Å². The number of hydrogen-bond acceptors (Lipinski definition) is 5. The first kappa shape index (κ1) is 19.7. The first-order valence-corrected chi connectivity index (χ1v) is 8.80. The molecular formula is C20H14Cl2N2O4. The highest BCUT2D eigenvalue weighted by Gasteiger charge is 2.16. The van der Waals surface area contributed by atoms with Gasteiger partial charge < -0.3 is 9.15 Å². The fourth-order valence-corrected chi connectivity index (χ4v) is 2.79. The molecule has 3 aromatic rings. The summed E-state index contributed by atoms with van der Waals surface area (Å²) >= 11 is 11.9. The van der Waals surface area contributed by atoms with Gasteiger partial charge in [-0.25, -0.2) is 10.2 Å². The minimum absolute atomic E-state index is 0.319. The van der Waals surface area contributed by atoms with E-state index in [1.807, 2.05) is 0 Å².